The summed E-state index contributed by atoms with van der Waals surface area (Å²) >= 11 is 2.37. The fourth-order valence-electron chi connectivity index (χ4n) is 1.96. The van der Waals surface area contributed by atoms with Crippen molar-refractivity contribution in [3.8, 4) is 5.75 Å². The zero-order valence-electron chi connectivity index (χ0n) is 13.9. The van der Waals surface area contributed by atoms with Crippen LogP contribution in [0, 0.1) is 0 Å². The molecule has 1 heterocycles. The van der Waals surface area contributed by atoms with Crippen molar-refractivity contribution in [2.45, 2.75) is 38.0 Å². The maximum atomic E-state index is 11.4. The van der Waals surface area contributed by atoms with Gasteiger partial charge in [0.05, 0.1) is 10.6 Å². The molecule has 0 spiro atoms. The Morgan fingerprint density at radius 2 is 1.96 bits per heavy atom. The predicted octanol–water partition coefficient (Wildman–Crippen LogP) is 4.79. The van der Waals surface area contributed by atoms with Crippen LogP contribution in [0.3, 0.4) is 0 Å². The predicted molar refractivity (Wildman–Crippen MR) is 97.2 cm³/mol. The third-order valence-electron chi connectivity index (χ3n) is 3.19. The molecule has 1 aromatic carbocycles. The molecule has 0 aliphatic rings. The van der Waals surface area contributed by atoms with E-state index < -0.39 is 11.9 Å². The second kappa shape index (κ2) is 7.27. The fourth-order valence-corrected chi connectivity index (χ4v) is 3.44. The van der Waals surface area contributed by atoms with Crippen LogP contribution in [0.1, 0.15) is 42.9 Å². The molecule has 0 aliphatic heterocycles. The van der Waals surface area contributed by atoms with Crippen LogP contribution in [0.5, 0.6) is 5.75 Å². The number of anilines is 1. The third kappa shape index (κ3) is 4.52. The Kier molecular flexibility index (Phi) is 5.56. The lowest BCUT2D eigenvalue weighted by atomic mass is 9.87. The van der Waals surface area contributed by atoms with E-state index in [1.54, 1.807) is 11.4 Å². The van der Waals surface area contributed by atoms with Gasteiger partial charge in [0.25, 0.3) is 0 Å². The van der Waals surface area contributed by atoms with Crippen LogP contribution < -0.4 is 9.46 Å². The Morgan fingerprint density at radius 1 is 1.25 bits per heavy atom. The van der Waals surface area contributed by atoms with Crippen LogP contribution in [0.15, 0.2) is 34.5 Å². The minimum Gasteiger partial charge on any atom is -0.477 e. The van der Waals surface area contributed by atoms with Crippen LogP contribution >= 0.6 is 23.3 Å². The molecule has 1 aromatic heterocycles. The van der Waals surface area contributed by atoms with Gasteiger partial charge in [-0.1, -0.05) is 26.8 Å². The maximum Gasteiger partial charge on any atom is 0.348 e. The van der Waals surface area contributed by atoms with Gasteiger partial charge in [-0.25, -0.2) is 4.79 Å². The average Bonchev–Trinajstić information content (AvgIpc) is 2.93. The van der Waals surface area contributed by atoms with Crippen molar-refractivity contribution in [2.75, 3.05) is 4.72 Å². The van der Waals surface area contributed by atoms with E-state index in [2.05, 4.69) is 25.5 Å². The van der Waals surface area contributed by atoms with Crippen LogP contribution in [0.2, 0.25) is 0 Å². The van der Waals surface area contributed by atoms with E-state index in [0.29, 0.717) is 16.3 Å². The molecule has 0 atom stereocenters. The lowest BCUT2D eigenvalue weighted by molar-refractivity contribution is -0.132. The smallest absolute Gasteiger partial charge is 0.348 e. The Hall–Kier alpha value is -1.99. The SMILES string of the molecule is CC(=O)Oc1cc(C(C)(C)C)ccc1SNc1ccsc1C(=O)O. The maximum absolute atomic E-state index is 11.4. The van der Waals surface area contributed by atoms with E-state index >= 15 is 0 Å². The number of ether oxygens (including phenoxy) is 1. The lowest BCUT2D eigenvalue weighted by Gasteiger charge is -2.21. The molecule has 24 heavy (non-hydrogen) atoms. The first-order valence-corrected chi connectivity index (χ1v) is 8.94. The number of benzene rings is 1. The quantitative estimate of drug-likeness (QED) is 0.451. The van der Waals surface area contributed by atoms with Crippen molar-refractivity contribution < 1.29 is 19.4 Å². The first kappa shape index (κ1) is 18.4. The van der Waals surface area contributed by atoms with E-state index in [9.17, 15) is 9.59 Å². The zero-order valence-corrected chi connectivity index (χ0v) is 15.5. The third-order valence-corrected chi connectivity index (χ3v) is 4.98. The van der Waals surface area contributed by atoms with Crippen molar-refractivity contribution >= 4 is 40.9 Å². The van der Waals surface area contributed by atoms with Gasteiger partial charge in [-0.3, -0.25) is 4.79 Å². The van der Waals surface area contributed by atoms with Gasteiger partial charge in [0.2, 0.25) is 0 Å². The van der Waals surface area contributed by atoms with E-state index in [0.717, 1.165) is 16.9 Å². The molecular weight excluding hydrogens is 346 g/mol. The van der Waals surface area contributed by atoms with Crippen LogP contribution in [0.4, 0.5) is 5.69 Å². The second-order valence-corrected chi connectivity index (χ2v) is 7.94. The number of aromatic carboxylic acids is 1. The van der Waals surface area contributed by atoms with Crippen molar-refractivity contribution in [1.82, 2.24) is 0 Å². The molecule has 0 unspecified atom stereocenters. The zero-order chi connectivity index (χ0) is 17.9. The van der Waals surface area contributed by atoms with E-state index in [4.69, 9.17) is 9.84 Å². The van der Waals surface area contributed by atoms with Gasteiger partial charge in [-0.15, -0.1) is 11.3 Å². The standard InChI is InChI=1S/C17H19NO4S2/c1-10(19)22-13-9-11(17(2,3)4)5-6-14(13)24-18-12-7-8-23-15(12)16(20)21/h5-9,18H,1-4H3,(H,20,21). The highest BCUT2D eigenvalue weighted by Gasteiger charge is 2.18. The fraction of sp³-hybridized carbons (Fsp3) is 0.294. The van der Waals surface area contributed by atoms with Gasteiger partial charge in [0.15, 0.2) is 0 Å². The number of carboxylic acid groups (broad SMARTS) is 1. The van der Waals surface area contributed by atoms with Crippen LogP contribution in [0.25, 0.3) is 0 Å². The normalized spacial score (nSPS) is 11.2. The number of carboxylic acids is 1. The number of hydrogen-bond donors (Lipinski definition) is 2. The summed E-state index contributed by atoms with van der Waals surface area (Å²) in [6.07, 6.45) is 0. The molecule has 0 aliphatic carbocycles. The number of carbonyl (C=O) groups is 2. The monoisotopic (exact) mass is 365 g/mol. The summed E-state index contributed by atoms with van der Waals surface area (Å²) in [5.74, 6) is -0.916. The number of hydrogen-bond acceptors (Lipinski definition) is 6. The van der Waals surface area contributed by atoms with Crippen molar-refractivity contribution in [2.24, 2.45) is 0 Å². The van der Waals surface area contributed by atoms with Gasteiger partial charge >= 0.3 is 11.9 Å². The Bertz CT molecular complexity index is 762. The van der Waals surface area contributed by atoms with Gasteiger partial charge in [-0.2, -0.15) is 0 Å². The summed E-state index contributed by atoms with van der Waals surface area (Å²) in [4.78, 5) is 23.5. The molecule has 0 saturated carbocycles. The van der Waals surface area contributed by atoms with Gasteiger partial charge in [-0.05, 0) is 46.5 Å². The minimum absolute atomic E-state index is 0.0740. The van der Waals surface area contributed by atoms with Crippen molar-refractivity contribution in [3.63, 3.8) is 0 Å². The highest BCUT2D eigenvalue weighted by Crippen LogP contribution is 2.36. The summed E-state index contributed by atoms with van der Waals surface area (Å²) in [5, 5.41) is 10.9. The van der Waals surface area contributed by atoms with Crippen LogP contribution in [-0.2, 0) is 10.2 Å². The molecular formula is C17H19NO4S2. The van der Waals surface area contributed by atoms with Gasteiger partial charge in [0, 0.05) is 6.92 Å². The number of carbonyl (C=O) groups excluding carboxylic acids is 1. The van der Waals surface area contributed by atoms with Crippen molar-refractivity contribution in [3.05, 3.63) is 40.1 Å². The first-order chi connectivity index (χ1) is 11.2. The first-order valence-electron chi connectivity index (χ1n) is 7.25. The molecule has 5 nitrogen and oxygen atoms in total. The van der Waals surface area contributed by atoms with E-state index in [-0.39, 0.29) is 10.3 Å². The molecule has 128 valence electrons. The number of thiophene rings is 1. The molecule has 2 rings (SSSR count). The molecule has 0 radical (unpaired) electrons. The highest BCUT2D eigenvalue weighted by atomic mass is 32.2. The number of esters is 1. The molecule has 7 heteroatoms. The summed E-state index contributed by atoms with van der Waals surface area (Å²) < 4.78 is 8.33. The molecule has 2 N–H and O–H groups in total. The molecule has 0 bridgehead atoms. The Labute approximate surface area is 149 Å². The Balaban J connectivity index is 2.27. The molecule has 2 aromatic rings. The van der Waals surface area contributed by atoms with Crippen molar-refractivity contribution in [1.29, 1.82) is 0 Å². The minimum atomic E-state index is -0.976. The Morgan fingerprint density at radius 3 is 2.54 bits per heavy atom. The molecule has 0 fully saturated rings. The second-order valence-electron chi connectivity index (χ2n) is 6.18. The largest absolute Gasteiger partial charge is 0.477 e. The average molecular weight is 365 g/mol. The summed E-state index contributed by atoms with van der Waals surface area (Å²) in [6, 6.07) is 7.39. The highest BCUT2D eigenvalue weighted by molar-refractivity contribution is 8.00. The number of nitrogens with one attached hydrogen (secondary N) is 1. The molecule has 0 amide bonds. The van der Waals surface area contributed by atoms with Gasteiger partial charge in [0.1, 0.15) is 10.6 Å². The number of rotatable bonds is 5. The summed E-state index contributed by atoms with van der Waals surface area (Å²) in [6.45, 7) is 7.59. The topological polar surface area (TPSA) is 75.6 Å². The summed E-state index contributed by atoms with van der Waals surface area (Å²) in [5.41, 5.74) is 1.49. The molecule has 0 saturated heterocycles. The van der Waals surface area contributed by atoms with E-state index in [1.165, 1.54) is 18.9 Å². The van der Waals surface area contributed by atoms with Gasteiger partial charge < -0.3 is 14.6 Å². The van der Waals surface area contributed by atoms with E-state index in [1.807, 2.05) is 18.2 Å². The van der Waals surface area contributed by atoms with Crippen LogP contribution in [-0.4, -0.2) is 17.0 Å². The lowest BCUT2D eigenvalue weighted by Crippen LogP contribution is -2.12. The summed E-state index contributed by atoms with van der Waals surface area (Å²) in [7, 11) is 0.